The van der Waals surface area contributed by atoms with Gasteiger partial charge in [-0.25, -0.2) is 0 Å². The Balaban J connectivity index is 4.39. The van der Waals surface area contributed by atoms with Crippen molar-refractivity contribution in [1.29, 1.82) is 0 Å². The number of esters is 3. The molecule has 0 saturated carbocycles. The third-order valence-corrected chi connectivity index (χ3v) is 10.5. The second-order valence-corrected chi connectivity index (χ2v) is 16.3. The fourth-order valence-electron chi connectivity index (χ4n) is 6.79. The van der Waals surface area contributed by atoms with E-state index in [1.807, 2.05) is 0 Å². The van der Waals surface area contributed by atoms with Gasteiger partial charge in [-0.15, -0.1) is 0 Å². The molecular weight excluding hydrogens is 733 g/mol. The minimum absolute atomic E-state index is 0.0977. The molecule has 340 valence electrons. The maximum Gasteiger partial charge on any atom is 0.306 e. The van der Waals surface area contributed by atoms with Gasteiger partial charge in [0.1, 0.15) is 13.2 Å². The molecule has 0 bridgehead atoms. The summed E-state index contributed by atoms with van der Waals surface area (Å²) in [6.07, 6.45) is 57.9. The summed E-state index contributed by atoms with van der Waals surface area (Å²) >= 11 is 0. The molecule has 1 unspecified atom stereocenters. The molecule has 1 atom stereocenters. The summed E-state index contributed by atoms with van der Waals surface area (Å²) in [5.74, 6) is -0.958. The van der Waals surface area contributed by atoms with E-state index in [0.717, 1.165) is 83.5 Å². The van der Waals surface area contributed by atoms with Crippen LogP contribution in [-0.2, 0) is 28.6 Å². The van der Waals surface area contributed by atoms with E-state index in [-0.39, 0.29) is 31.1 Å². The molecule has 0 aromatic carbocycles. The predicted octanol–water partition coefficient (Wildman–Crippen LogP) is 16.1. The van der Waals surface area contributed by atoms with Crippen molar-refractivity contribution in [3.63, 3.8) is 0 Å². The highest BCUT2D eigenvalue weighted by molar-refractivity contribution is 5.71. The topological polar surface area (TPSA) is 78.9 Å². The summed E-state index contributed by atoms with van der Waals surface area (Å²) in [6, 6.07) is 0. The first-order valence-corrected chi connectivity index (χ1v) is 24.8. The average Bonchev–Trinajstić information content (AvgIpc) is 3.23. The van der Waals surface area contributed by atoms with Crippen LogP contribution in [0.1, 0.15) is 239 Å². The summed E-state index contributed by atoms with van der Waals surface area (Å²) < 4.78 is 16.7. The summed E-state index contributed by atoms with van der Waals surface area (Å²) in [5, 5.41) is 0. The molecule has 0 aliphatic carbocycles. The number of hydrogen-bond acceptors (Lipinski definition) is 6. The zero-order valence-corrected chi connectivity index (χ0v) is 38.8. The van der Waals surface area contributed by atoms with E-state index in [2.05, 4.69) is 81.5 Å². The number of unbranched alkanes of at least 4 members (excludes halogenated alkanes) is 23. The third kappa shape index (κ3) is 46.0. The fourth-order valence-corrected chi connectivity index (χ4v) is 6.79. The number of carbonyl (C=O) groups is 3. The average molecular weight is 825 g/mol. The highest BCUT2D eigenvalue weighted by atomic mass is 16.6. The van der Waals surface area contributed by atoms with Crippen molar-refractivity contribution < 1.29 is 28.6 Å². The number of carbonyl (C=O) groups excluding carboxylic acids is 3. The molecule has 59 heavy (non-hydrogen) atoms. The van der Waals surface area contributed by atoms with Crippen molar-refractivity contribution in [2.45, 2.75) is 245 Å². The molecule has 0 aromatic heterocycles. The molecule has 0 fully saturated rings. The number of rotatable bonds is 44. The number of ether oxygens (including phenoxy) is 3. The lowest BCUT2D eigenvalue weighted by Gasteiger charge is -2.18. The Hall–Kier alpha value is -2.89. The zero-order valence-electron chi connectivity index (χ0n) is 38.8. The van der Waals surface area contributed by atoms with Crippen LogP contribution in [0.5, 0.6) is 0 Å². The van der Waals surface area contributed by atoms with Crippen LogP contribution in [0.4, 0.5) is 0 Å². The molecule has 0 radical (unpaired) electrons. The molecule has 0 aliphatic heterocycles. The molecule has 0 rings (SSSR count). The van der Waals surface area contributed by atoms with Crippen molar-refractivity contribution in [1.82, 2.24) is 0 Å². The van der Waals surface area contributed by atoms with Crippen LogP contribution in [-0.4, -0.2) is 37.2 Å². The first kappa shape index (κ1) is 56.1. The van der Waals surface area contributed by atoms with Crippen LogP contribution >= 0.6 is 0 Å². The minimum Gasteiger partial charge on any atom is -0.462 e. The molecule has 0 saturated heterocycles. The lowest BCUT2D eigenvalue weighted by Crippen LogP contribution is -2.30. The van der Waals surface area contributed by atoms with Crippen LogP contribution in [0, 0.1) is 0 Å². The predicted molar refractivity (Wildman–Crippen MR) is 251 cm³/mol. The van der Waals surface area contributed by atoms with Crippen molar-refractivity contribution >= 4 is 17.9 Å². The normalized spacial score (nSPS) is 12.5. The van der Waals surface area contributed by atoms with Gasteiger partial charge in [0, 0.05) is 19.3 Å². The van der Waals surface area contributed by atoms with Gasteiger partial charge in [0.25, 0.3) is 0 Å². The Kier molecular flexibility index (Phi) is 45.4. The second-order valence-electron chi connectivity index (χ2n) is 16.3. The quantitative estimate of drug-likeness (QED) is 0.0263. The Bertz CT molecular complexity index is 1090. The van der Waals surface area contributed by atoms with Gasteiger partial charge in [-0.05, 0) is 77.0 Å². The molecule has 0 aliphatic rings. The third-order valence-electron chi connectivity index (χ3n) is 10.5. The molecule has 0 aromatic rings. The smallest absolute Gasteiger partial charge is 0.306 e. The Morgan fingerprint density at radius 1 is 0.356 bits per heavy atom. The number of allylic oxidation sites excluding steroid dienone is 10. The van der Waals surface area contributed by atoms with Crippen LogP contribution in [0.15, 0.2) is 60.8 Å². The molecule has 0 N–H and O–H groups in total. The van der Waals surface area contributed by atoms with Crippen LogP contribution in [0.25, 0.3) is 0 Å². The van der Waals surface area contributed by atoms with E-state index in [1.54, 1.807) is 0 Å². The summed E-state index contributed by atoms with van der Waals surface area (Å²) in [7, 11) is 0. The van der Waals surface area contributed by atoms with Gasteiger partial charge >= 0.3 is 17.9 Å². The summed E-state index contributed by atoms with van der Waals surface area (Å²) in [5.41, 5.74) is 0. The van der Waals surface area contributed by atoms with Gasteiger partial charge in [0.2, 0.25) is 0 Å². The van der Waals surface area contributed by atoms with Crippen LogP contribution in [0.2, 0.25) is 0 Å². The van der Waals surface area contributed by atoms with E-state index >= 15 is 0 Å². The minimum atomic E-state index is -0.794. The zero-order chi connectivity index (χ0) is 43.0. The van der Waals surface area contributed by atoms with Gasteiger partial charge in [-0.3, -0.25) is 14.4 Å². The van der Waals surface area contributed by atoms with E-state index in [9.17, 15) is 14.4 Å². The standard InChI is InChI=1S/C53H92O6/c1-4-7-10-13-16-19-21-23-25-27-29-31-34-37-40-43-46-52(55)58-49-50(48-57-51(54)45-42-39-36-33-18-15-12-9-6-3)59-53(56)47-44-41-38-35-32-30-28-26-24-22-20-17-14-11-8-5-2/h7,10,16,19,23,25,29,31,33,36,50H,4-6,8-9,11-15,17-18,20-22,24,26-28,30,32,34-35,37-49H2,1-3H3/b10-7-,19-16-,25-23-,31-29-,36-33-. The van der Waals surface area contributed by atoms with Gasteiger partial charge in [0.15, 0.2) is 6.10 Å². The molecule has 6 heteroatoms. The first-order valence-electron chi connectivity index (χ1n) is 24.8. The second kappa shape index (κ2) is 47.8. The van der Waals surface area contributed by atoms with Crippen molar-refractivity contribution in [3.8, 4) is 0 Å². The fraction of sp³-hybridized carbons (Fsp3) is 0.755. The van der Waals surface area contributed by atoms with E-state index in [1.165, 1.54) is 109 Å². The molecule has 0 heterocycles. The van der Waals surface area contributed by atoms with E-state index in [0.29, 0.717) is 25.7 Å². The van der Waals surface area contributed by atoms with Gasteiger partial charge < -0.3 is 14.2 Å². The lowest BCUT2D eigenvalue weighted by atomic mass is 10.0. The Labute approximate surface area is 364 Å². The largest absolute Gasteiger partial charge is 0.462 e. The van der Waals surface area contributed by atoms with Crippen LogP contribution < -0.4 is 0 Å². The van der Waals surface area contributed by atoms with Crippen LogP contribution in [0.3, 0.4) is 0 Å². The lowest BCUT2D eigenvalue weighted by molar-refractivity contribution is -0.167. The molecule has 0 spiro atoms. The van der Waals surface area contributed by atoms with Gasteiger partial charge in [0.05, 0.1) is 0 Å². The van der Waals surface area contributed by atoms with E-state index < -0.39 is 6.10 Å². The van der Waals surface area contributed by atoms with E-state index in [4.69, 9.17) is 14.2 Å². The summed E-state index contributed by atoms with van der Waals surface area (Å²) in [4.78, 5) is 37.8. The Morgan fingerprint density at radius 3 is 1.14 bits per heavy atom. The Morgan fingerprint density at radius 2 is 0.678 bits per heavy atom. The number of hydrogen-bond donors (Lipinski definition) is 0. The highest BCUT2D eigenvalue weighted by Gasteiger charge is 2.19. The maximum absolute atomic E-state index is 12.8. The maximum atomic E-state index is 12.8. The van der Waals surface area contributed by atoms with Gasteiger partial charge in [-0.1, -0.05) is 204 Å². The highest BCUT2D eigenvalue weighted by Crippen LogP contribution is 2.15. The molecule has 6 nitrogen and oxygen atoms in total. The van der Waals surface area contributed by atoms with Gasteiger partial charge in [-0.2, -0.15) is 0 Å². The molecular formula is C53H92O6. The molecule has 0 amide bonds. The first-order chi connectivity index (χ1) is 29.0. The SMILES string of the molecule is CC/C=C\C/C=C\C/C=C\C/C=C\CCCCCC(=O)OCC(COC(=O)CCC/C=C\CCCCCC)OC(=O)CCCCCCCCCCCCCCCCCC. The van der Waals surface area contributed by atoms with Crippen molar-refractivity contribution in [2.75, 3.05) is 13.2 Å². The monoisotopic (exact) mass is 825 g/mol. The summed E-state index contributed by atoms with van der Waals surface area (Å²) in [6.45, 7) is 6.44. The van der Waals surface area contributed by atoms with Crippen molar-refractivity contribution in [3.05, 3.63) is 60.8 Å². The van der Waals surface area contributed by atoms with Crippen molar-refractivity contribution in [2.24, 2.45) is 0 Å².